The second-order valence-corrected chi connectivity index (χ2v) is 7.71. The highest BCUT2D eigenvalue weighted by molar-refractivity contribution is 7.99. The van der Waals surface area contributed by atoms with Crippen LogP contribution >= 0.6 is 23.1 Å². The van der Waals surface area contributed by atoms with Crippen LogP contribution in [0.5, 0.6) is 0 Å². The van der Waals surface area contributed by atoms with Crippen molar-refractivity contribution in [2.75, 3.05) is 0 Å². The number of nitrogens with zero attached hydrogens (tertiary/aromatic N) is 2. The molecule has 1 N–H and O–H groups in total. The molecule has 0 bridgehead atoms. The maximum absolute atomic E-state index is 12.1. The van der Waals surface area contributed by atoms with E-state index >= 15 is 0 Å². The fourth-order valence-corrected chi connectivity index (χ4v) is 3.86. The average molecular weight is 337 g/mol. The van der Waals surface area contributed by atoms with Crippen molar-refractivity contribution >= 4 is 29.0 Å². The fourth-order valence-electron chi connectivity index (χ4n) is 2.48. The summed E-state index contributed by atoms with van der Waals surface area (Å²) in [4.78, 5) is 17.5. The van der Waals surface area contributed by atoms with Gasteiger partial charge in [-0.25, -0.2) is 0 Å². The first kappa shape index (κ1) is 15.6. The second-order valence-electron chi connectivity index (χ2n) is 5.43. The molecular weight excluding hydrogens is 318 g/mol. The number of carbonyl (C=O) groups excluding carboxylic acids is 1. The van der Waals surface area contributed by atoms with Gasteiger partial charge in [0.15, 0.2) is 0 Å². The highest BCUT2D eigenvalue weighted by atomic mass is 32.2. The van der Waals surface area contributed by atoms with Gasteiger partial charge in [-0.2, -0.15) is 4.98 Å². The molecule has 1 atom stereocenters. The molecule has 0 radical (unpaired) electrons. The highest BCUT2D eigenvalue weighted by Gasteiger charge is 2.21. The Kier molecular flexibility index (Phi) is 5.15. The van der Waals surface area contributed by atoms with Gasteiger partial charge in [0.25, 0.3) is 0 Å². The molecule has 1 amide bonds. The number of amides is 1. The molecule has 1 saturated carbocycles. The zero-order valence-corrected chi connectivity index (χ0v) is 14.1. The topological polar surface area (TPSA) is 68.0 Å². The molecule has 0 aliphatic heterocycles. The fraction of sp³-hybridized carbons (Fsp3) is 0.533. The van der Waals surface area contributed by atoms with Gasteiger partial charge in [-0.15, -0.1) is 23.1 Å². The maximum Gasteiger partial charge on any atom is 0.237 e. The van der Waals surface area contributed by atoms with Gasteiger partial charge in [0.1, 0.15) is 0 Å². The Labute approximate surface area is 137 Å². The summed E-state index contributed by atoms with van der Waals surface area (Å²) >= 11 is 3.11. The highest BCUT2D eigenvalue weighted by Crippen LogP contribution is 2.24. The molecule has 0 aromatic carbocycles. The summed E-state index contributed by atoms with van der Waals surface area (Å²) in [6.45, 7) is 1.92. The van der Waals surface area contributed by atoms with E-state index in [1.54, 1.807) is 11.3 Å². The van der Waals surface area contributed by atoms with Gasteiger partial charge in [0.2, 0.25) is 17.6 Å². The largest absolute Gasteiger partial charge is 0.352 e. The minimum atomic E-state index is -0.113. The van der Waals surface area contributed by atoms with Crippen LogP contribution in [0.2, 0.25) is 0 Å². The van der Waals surface area contributed by atoms with Gasteiger partial charge in [-0.05, 0) is 31.2 Å². The van der Waals surface area contributed by atoms with Crippen molar-refractivity contribution in [2.24, 2.45) is 0 Å². The van der Waals surface area contributed by atoms with Crippen molar-refractivity contribution in [1.82, 2.24) is 15.5 Å². The third kappa shape index (κ3) is 3.89. The van der Waals surface area contributed by atoms with Gasteiger partial charge in [-0.1, -0.05) is 24.1 Å². The van der Waals surface area contributed by atoms with E-state index < -0.39 is 0 Å². The van der Waals surface area contributed by atoms with Gasteiger partial charge in [0.05, 0.1) is 15.9 Å². The van der Waals surface area contributed by atoms with E-state index in [0.717, 1.165) is 17.7 Å². The Morgan fingerprint density at radius 2 is 2.36 bits per heavy atom. The molecular formula is C15H19N3O2S2. The molecule has 2 heterocycles. The second kappa shape index (κ2) is 7.28. The molecule has 22 heavy (non-hydrogen) atoms. The molecule has 2 aromatic rings. The van der Waals surface area contributed by atoms with Crippen LogP contribution in [0.3, 0.4) is 0 Å². The van der Waals surface area contributed by atoms with E-state index in [4.69, 9.17) is 4.52 Å². The molecule has 3 rings (SSSR count). The van der Waals surface area contributed by atoms with Crippen LogP contribution < -0.4 is 5.32 Å². The number of hydrogen-bond donors (Lipinski definition) is 1. The summed E-state index contributed by atoms with van der Waals surface area (Å²) in [5.74, 6) is 1.84. The molecule has 1 fully saturated rings. The lowest BCUT2D eigenvalue weighted by Gasteiger charge is -2.15. The smallest absolute Gasteiger partial charge is 0.237 e. The van der Waals surface area contributed by atoms with Crippen LogP contribution in [0.25, 0.3) is 10.7 Å². The standard InChI is InChI=1S/C15H19N3O2S2/c1-10(15(19)16-11-5-2-3-6-11)22-9-13-17-14(18-20-13)12-7-4-8-21-12/h4,7-8,10-11H,2-3,5-6,9H2,1H3,(H,16,19). The van der Waals surface area contributed by atoms with Crippen molar-refractivity contribution in [3.05, 3.63) is 23.4 Å². The summed E-state index contributed by atoms with van der Waals surface area (Å²) in [7, 11) is 0. The number of nitrogens with one attached hydrogen (secondary N) is 1. The lowest BCUT2D eigenvalue weighted by Crippen LogP contribution is -2.37. The Bertz CT molecular complexity index is 606. The quantitative estimate of drug-likeness (QED) is 0.874. The van der Waals surface area contributed by atoms with E-state index in [0.29, 0.717) is 23.5 Å². The van der Waals surface area contributed by atoms with E-state index in [1.165, 1.54) is 24.6 Å². The summed E-state index contributed by atoms with van der Waals surface area (Å²) in [6, 6.07) is 4.29. The number of aromatic nitrogens is 2. The minimum absolute atomic E-state index is 0.106. The van der Waals surface area contributed by atoms with Gasteiger partial charge in [-0.3, -0.25) is 4.79 Å². The van der Waals surface area contributed by atoms with Gasteiger partial charge in [0, 0.05) is 6.04 Å². The molecule has 2 aromatic heterocycles. The lowest BCUT2D eigenvalue weighted by molar-refractivity contribution is -0.120. The van der Waals surface area contributed by atoms with E-state index in [-0.39, 0.29) is 11.2 Å². The van der Waals surface area contributed by atoms with Crippen molar-refractivity contribution in [3.8, 4) is 10.7 Å². The van der Waals surface area contributed by atoms with Crippen LogP contribution in [0, 0.1) is 0 Å². The van der Waals surface area contributed by atoms with E-state index in [9.17, 15) is 4.79 Å². The Morgan fingerprint density at radius 3 is 3.09 bits per heavy atom. The third-order valence-corrected chi connectivity index (χ3v) is 5.73. The lowest BCUT2D eigenvalue weighted by atomic mass is 10.2. The predicted molar refractivity (Wildman–Crippen MR) is 88.8 cm³/mol. The number of hydrogen-bond acceptors (Lipinski definition) is 6. The first-order valence-corrected chi connectivity index (χ1v) is 9.43. The van der Waals surface area contributed by atoms with E-state index in [2.05, 4.69) is 15.5 Å². The van der Waals surface area contributed by atoms with Crippen LogP contribution in [0.15, 0.2) is 22.0 Å². The minimum Gasteiger partial charge on any atom is -0.352 e. The van der Waals surface area contributed by atoms with Crippen molar-refractivity contribution in [2.45, 2.75) is 49.7 Å². The zero-order chi connectivity index (χ0) is 15.4. The Hall–Kier alpha value is -1.34. The Morgan fingerprint density at radius 1 is 1.55 bits per heavy atom. The van der Waals surface area contributed by atoms with Crippen LogP contribution in [0.1, 0.15) is 38.5 Å². The van der Waals surface area contributed by atoms with Gasteiger partial charge >= 0.3 is 0 Å². The molecule has 118 valence electrons. The van der Waals surface area contributed by atoms with Crippen molar-refractivity contribution in [3.63, 3.8) is 0 Å². The molecule has 0 spiro atoms. The van der Waals surface area contributed by atoms with E-state index in [1.807, 2.05) is 24.4 Å². The van der Waals surface area contributed by atoms with Gasteiger partial charge < -0.3 is 9.84 Å². The number of thiophene rings is 1. The van der Waals surface area contributed by atoms with Crippen LogP contribution in [-0.4, -0.2) is 27.3 Å². The molecule has 0 saturated heterocycles. The zero-order valence-electron chi connectivity index (χ0n) is 12.4. The number of carbonyl (C=O) groups is 1. The van der Waals surface area contributed by atoms with Crippen LogP contribution in [0.4, 0.5) is 0 Å². The predicted octanol–water partition coefficient (Wildman–Crippen LogP) is 3.48. The normalized spacial score (nSPS) is 16.8. The summed E-state index contributed by atoms with van der Waals surface area (Å²) < 4.78 is 5.25. The first-order valence-electron chi connectivity index (χ1n) is 7.51. The molecule has 5 nitrogen and oxygen atoms in total. The third-order valence-electron chi connectivity index (χ3n) is 3.74. The summed E-state index contributed by atoms with van der Waals surface area (Å²) in [6.07, 6.45) is 4.66. The monoisotopic (exact) mass is 337 g/mol. The number of rotatable bonds is 6. The Balaban J connectivity index is 1.48. The average Bonchev–Trinajstić information content (AvgIpc) is 3.25. The SMILES string of the molecule is CC(SCc1nc(-c2cccs2)no1)C(=O)NC1CCCC1. The maximum atomic E-state index is 12.1. The summed E-state index contributed by atoms with van der Waals surface area (Å²) in [5.41, 5.74) is 0. The number of thioether (sulfide) groups is 1. The molecule has 1 aliphatic carbocycles. The molecule has 1 unspecified atom stereocenters. The summed E-state index contributed by atoms with van der Waals surface area (Å²) in [5, 5.41) is 8.96. The van der Waals surface area contributed by atoms with Crippen molar-refractivity contribution in [1.29, 1.82) is 0 Å². The van der Waals surface area contributed by atoms with Crippen LogP contribution in [-0.2, 0) is 10.5 Å². The van der Waals surface area contributed by atoms with Crippen molar-refractivity contribution < 1.29 is 9.32 Å². The first-order chi connectivity index (χ1) is 10.7. The molecule has 7 heteroatoms. The molecule has 1 aliphatic rings.